The second-order valence-electron chi connectivity index (χ2n) is 4.69. The third-order valence-electron chi connectivity index (χ3n) is 2.93. The first-order valence-electron chi connectivity index (χ1n) is 6.81. The number of carboxylic acids is 1. The molecule has 0 saturated carbocycles. The maximum absolute atomic E-state index is 11.4. The number of aliphatic carboxylic acids is 1. The van der Waals surface area contributed by atoms with E-state index in [4.69, 9.17) is 5.11 Å². The van der Waals surface area contributed by atoms with E-state index >= 15 is 0 Å². The van der Waals surface area contributed by atoms with Crippen LogP contribution in [0.5, 0.6) is 0 Å². The van der Waals surface area contributed by atoms with E-state index in [0.29, 0.717) is 25.9 Å². The average Bonchev–Trinajstić information content (AvgIpc) is 2.92. The fourth-order valence-corrected chi connectivity index (χ4v) is 1.67. The van der Waals surface area contributed by atoms with Gasteiger partial charge in [0.25, 0.3) is 0 Å². The third kappa shape index (κ3) is 6.77. The Kier molecular flexibility index (Phi) is 7.16. The van der Waals surface area contributed by atoms with Crippen molar-refractivity contribution in [3.05, 3.63) is 18.5 Å². The number of aryl methyl sites for hydroxylation is 1. The summed E-state index contributed by atoms with van der Waals surface area (Å²) < 4.78 is 1.81. The Hall–Kier alpha value is -2.05. The van der Waals surface area contributed by atoms with Crippen LogP contribution in [0.2, 0.25) is 0 Å². The molecule has 0 bridgehead atoms. The van der Waals surface area contributed by atoms with Crippen LogP contribution in [0.15, 0.2) is 18.5 Å². The summed E-state index contributed by atoms with van der Waals surface area (Å²) in [6, 6.07) is 1.64. The van der Waals surface area contributed by atoms with Crippen LogP contribution in [0.25, 0.3) is 0 Å². The summed E-state index contributed by atoms with van der Waals surface area (Å²) in [4.78, 5) is 22.0. The molecule has 0 saturated heterocycles. The zero-order chi connectivity index (χ0) is 14.8. The normalized spacial score (nSPS) is 11.8. The van der Waals surface area contributed by atoms with Crippen molar-refractivity contribution >= 4 is 12.0 Å². The van der Waals surface area contributed by atoms with Crippen molar-refractivity contribution in [2.45, 2.75) is 32.7 Å². The van der Waals surface area contributed by atoms with Gasteiger partial charge in [-0.3, -0.25) is 9.48 Å². The fourth-order valence-electron chi connectivity index (χ4n) is 1.67. The van der Waals surface area contributed by atoms with Gasteiger partial charge >= 0.3 is 12.0 Å². The molecule has 1 heterocycles. The van der Waals surface area contributed by atoms with Crippen molar-refractivity contribution in [2.75, 3.05) is 13.1 Å². The van der Waals surface area contributed by atoms with Crippen molar-refractivity contribution in [3.63, 3.8) is 0 Å². The third-order valence-corrected chi connectivity index (χ3v) is 2.93. The summed E-state index contributed by atoms with van der Waals surface area (Å²) in [5, 5.41) is 18.2. The molecule has 0 aromatic carbocycles. The molecule has 1 aromatic heterocycles. The number of urea groups is 1. The molecule has 2 amide bonds. The van der Waals surface area contributed by atoms with Gasteiger partial charge in [0.2, 0.25) is 0 Å². The van der Waals surface area contributed by atoms with Crippen molar-refractivity contribution in [1.29, 1.82) is 0 Å². The standard InChI is InChI=1S/C13H22N4O3/c1-11(12(18)19)5-2-6-14-13(20)15-7-3-9-17-10-4-8-16-17/h4,8,10-11H,2-3,5-7,9H2,1H3,(H,18,19)(H2,14,15,20). The number of aromatic nitrogens is 2. The summed E-state index contributed by atoms with van der Waals surface area (Å²) in [5.41, 5.74) is 0. The molecule has 7 heteroatoms. The number of rotatable bonds is 9. The first kappa shape index (κ1) is 16.0. The molecule has 1 aromatic rings. The van der Waals surface area contributed by atoms with Gasteiger partial charge in [0.1, 0.15) is 0 Å². The molecule has 3 N–H and O–H groups in total. The number of hydrogen-bond donors (Lipinski definition) is 3. The van der Waals surface area contributed by atoms with E-state index in [1.165, 1.54) is 0 Å². The van der Waals surface area contributed by atoms with Crippen LogP contribution in [-0.4, -0.2) is 40.0 Å². The zero-order valence-electron chi connectivity index (χ0n) is 11.7. The Morgan fingerprint density at radius 3 is 2.60 bits per heavy atom. The van der Waals surface area contributed by atoms with Gasteiger partial charge in [-0.25, -0.2) is 4.79 Å². The van der Waals surface area contributed by atoms with Crippen molar-refractivity contribution in [3.8, 4) is 0 Å². The average molecular weight is 282 g/mol. The lowest BCUT2D eigenvalue weighted by molar-refractivity contribution is -0.141. The number of carbonyl (C=O) groups is 2. The van der Waals surface area contributed by atoms with Gasteiger partial charge in [-0.15, -0.1) is 0 Å². The minimum absolute atomic E-state index is 0.214. The van der Waals surface area contributed by atoms with E-state index in [1.807, 2.05) is 16.9 Å². The molecule has 0 aliphatic rings. The highest BCUT2D eigenvalue weighted by Gasteiger charge is 2.09. The molecule has 7 nitrogen and oxygen atoms in total. The number of carboxylic acid groups (broad SMARTS) is 1. The van der Waals surface area contributed by atoms with Gasteiger partial charge in [0, 0.05) is 32.0 Å². The molecule has 1 atom stereocenters. The van der Waals surface area contributed by atoms with Gasteiger partial charge in [0.05, 0.1) is 5.92 Å². The lowest BCUT2D eigenvalue weighted by Crippen LogP contribution is -2.37. The molecule has 1 rings (SSSR count). The first-order valence-corrected chi connectivity index (χ1v) is 6.81. The lowest BCUT2D eigenvalue weighted by atomic mass is 10.1. The maximum atomic E-state index is 11.4. The molecule has 0 spiro atoms. The highest BCUT2D eigenvalue weighted by molar-refractivity contribution is 5.73. The summed E-state index contributed by atoms with van der Waals surface area (Å²) in [7, 11) is 0. The Balaban J connectivity index is 1.96. The Bertz CT molecular complexity index is 406. The van der Waals surface area contributed by atoms with Crippen molar-refractivity contribution < 1.29 is 14.7 Å². The van der Waals surface area contributed by atoms with Crippen LogP contribution < -0.4 is 10.6 Å². The fraction of sp³-hybridized carbons (Fsp3) is 0.615. The molecule has 1 unspecified atom stereocenters. The van der Waals surface area contributed by atoms with E-state index < -0.39 is 5.97 Å². The Labute approximate surface area is 118 Å². The second kappa shape index (κ2) is 8.95. The molecule has 112 valence electrons. The van der Waals surface area contributed by atoms with E-state index in [0.717, 1.165) is 13.0 Å². The summed E-state index contributed by atoms with van der Waals surface area (Å²) >= 11 is 0. The zero-order valence-corrected chi connectivity index (χ0v) is 11.7. The number of carbonyl (C=O) groups excluding carboxylic acids is 1. The molecule has 0 radical (unpaired) electrons. The van der Waals surface area contributed by atoms with Crippen LogP contribution in [0.3, 0.4) is 0 Å². The monoisotopic (exact) mass is 282 g/mol. The molecule has 0 fully saturated rings. The van der Waals surface area contributed by atoms with Gasteiger partial charge in [-0.1, -0.05) is 6.92 Å². The molecule has 0 aliphatic heterocycles. The van der Waals surface area contributed by atoms with Crippen molar-refractivity contribution in [2.24, 2.45) is 5.92 Å². The van der Waals surface area contributed by atoms with E-state index in [9.17, 15) is 9.59 Å². The highest BCUT2D eigenvalue weighted by atomic mass is 16.4. The molecule has 0 aliphatic carbocycles. The summed E-state index contributed by atoms with van der Waals surface area (Å²) in [6.07, 6.45) is 5.64. The topological polar surface area (TPSA) is 96.3 Å². The number of amides is 2. The van der Waals surface area contributed by atoms with Crippen LogP contribution in [0, 0.1) is 5.92 Å². The Morgan fingerprint density at radius 2 is 2.00 bits per heavy atom. The molecular weight excluding hydrogens is 260 g/mol. The van der Waals surface area contributed by atoms with Crippen molar-refractivity contribution in [1.82, 2.24) is 20.4 Å². The second-order valence-corrected chi connectivity index (χ2v) is 4.69. The molecule has 20 heavy (non-hydrogen) atoms. The minimum atomic E-state index is -0.798. The Morgan fingerprint density at radius 1 is 1.30 bits per heavy atom. The van der Waals surface area contributed by atoms with Gasteiger partial charge in [0.15, 0.2) is 0 Å². The van der Waals surface area contributed by atoms with E-state index in [-0.39, 0.29) is 11.9 Å². The smallest absolute Gasteiger partial charge is 0.314 e. The minimum Gasteiger partial charge on any atom is -0.481 e. The maximum Gasteiger partial charge on any atom is 0.314 e. The van der Waals surface area contributed by atoms with Crippen LogP contribution in [-0.2, 0) is 11.3 Å². The highest BCUT2D eigenvalue weighted by Crippen LogP contribution is 2.03. The summed E-state index contributed by atoms with van der Waals surface area (Å²) in [5.74, 6) is -1.16. The number of hydrogen-bond acceptors (Lipinski definition) is 3. The van der Waals surface area contributed by atoms with Crippen LogP contribution in [0.4, 0.5) is 4.79 Å². The van der Waals surface area contributed by atoms with E-state index in [1.54, 1.807) is 13.1 Å². The molecular formula is C13H22N4O3. The number of nitrogens with one attached hydrogen (secondary N) is 2. The first-order chi connectivity index (χ1) is 9.59. The predicted molar refractivity (Wildman–Crippen MR) is 74.3 cm³/mol. The van der Waals surface area contributed by atoms with Gasteiger partial charge < -0.3 is 15.7 Å². The van der Waals surface area contributed by atoms with Gasteiger partial charge in [-0.2, -0.15) is 5.10 Å². The van der Waals surface area contributed by atoms with Crippen LogP contribution >= 0.6 is 0 Å². The lowest BCUT2D eigenvalue weighted by Gasteiger charge is -2.09. The predicted octanol–water partition coefficient (Wildman–Crippen LogP) is 1.07. The number of nitrogens with zero attached hydrogens (tertiary/aromatic N) is 2. The summed E-state index contributed by atoms with van der Waals surface area (Å²) in [6.45, 7) is 3.50. The largest absolute Gasteiger partial charge is 0.481 e. The quantitative estimate of drug-likeness (QED) is 0.590. The SMILES string of the molecule is CC(CCCNC(=O)NCCCn1cccn1)C(=O)O. The van der Waals surface area contributed by atoms with Gasteiger partial charge in [-0.05, 0) is 25.3 Å². The van der Waals surface area contributed by atoms with E-state index in [2.05, 4.69) is 15.7 Å². The van der Waals surface area contributed by atoms with Crippen LogP contribution in [0.1, 0.15) is 26.2 Å².